The van der Waals surface area contributed by atoms with Gasteiger partial charge in [-0.3, -0.25) is 0 Å². The van der Waals surface area contributed by atoms with Crippen molar-refractivity contribution in [3.8, 4) is 12.3 Å². The van der Waals surface area contributed by atoms with E-state index >= 15 is 0 Å². The van der Waals surface area contributed by atoms with E-state index in [9.17, 15) is 8.78 Å². The summed E-state index contributed by atoms with van der Waals surface area (Å²) in [5.74, 6) is -0.816. The minimum atomic E-state index is -3.10. The molecular weight excluding hydrogens is 258 g/mol. The van der Waals surface area contributed by atoms with Crippen LogP contribution in [0.4, 0.5) is 8.78 Å². The first kappa shape index (κ1) is 12.8. The van der Waals surface area contributed by atoms with Gasteiger partial charge in [0, 0.05) is 12.6 Å². The van der Waals surface area contributed by atoms with E-state index in [4.69, 9.17) is 18.0 Å². The summed E-state index contributed by atoms with van der Waals surface area (Å²) in [5, 5.41) is 0.349. The highest BCUT2D eigenvalue weighted by Crippen LogP contribution is 2.35. The lowest BCUT2D eigenvalue weighted by atomic mass is 10.0. The number of nitrogens with zero attached hydrogens (tertiary/aromatic N) is 1. The van der Waals surface area contributed by atoms with E-state index < -0.39 is 11.6 Å². The van der Waals surface area contributed by atoms with Crippen molar-refractivity contribution < 1.29 is 8.78 Å². The van der Waals surface area contributed by atoms with Crippen molar-refractivity contribution in [1.82, 2.24) is 9.97 Å². The third-order valence-corrected chi connectivity index (χ3v) is 3.32. The number of H-pyrrole nitrogens is 1. The number of aryl methyl sites for hydroxylation is 2. The first-order valence-corrected chi connectivity index (χ1v) is 5.68. The van der Waals surface area contributed by atoms with Crippen LogP contribution in [0.25, 0.3) is 11.0 Å². The largest absolute Gasteiger partial charge is 0.356 e. The number of terminal acetylenes is 1. The standard InChI is InChI=1S/C13H11ClF2N2/c1-5-8-6(2)10-11(9(14)7(3)17-10)18-12(8)13(4,15)16/h1,17H,2-4H3. The molecule has 0 bridgehead atoms. The van der Waals surface area contributed by atoms with Crippen molar-refractivity contribution in [1.29, 1.82) is 0 Å². The fraction of sp³-hybridized carbons (Fsp3) is 0.308. The number of fused-ring (bicyclic) bond motifs is 1. The molecule has 2 aromatic rings. The number of pyridine rings is 1. The predicted molar refractivity (Wildman–Crippen MR) is 68.1 cm³/mol. The lowest BCUT2D eigenvalue weighted by Gasteiger charge is -2.14. The highest BCUT2D eigenvalue weighted by Gasteiger charge is 2.31. The molecule has 0 aliphatic rings. The highest BCUT2D eigenvalue weighted by molar-refractivity contribution is 6.36. The summed E-state index contributed by atoms with van der Waals surface area (Å²) in [4.78, 5) is 6.96. The van der Waals surface area contributed by atoms with Crippen LogP contribution >= 0.6 is 11.6 Å². The molecular formula is C13H11ClF2N2. The Balaban J connectivity index is 2.97. The van der Waals surface area contributed by atoms with Gasteiger partial charge in [0.05, 0.1) is 16.1 Å². The Hall–Kier alpha value is -1.60. The Bertz CT molecular complexity index is 675. The summed E-state index contributed by atoms with van der Waals surface area (Å²) in [5.41, 5.74) is 1.90. The maximum atomic E-state index is 13.5. The zero-order chi connectivity index (χ0) is 13.7. The van der Waals surface area contributed by atoms with E-state index in [1.807, 2.05) is 0 Å². The SMILES string of the molecule is C#Cc1c(C(C)(F)F)nc2c(Cl)c(C)[nH]c2c1C. The molecule has 0 amide bonds. The Morgan fingerprint density at radius 3 is 2.50 bits per heavy atom. The minimum Gasteiger partial charge on any atom is -0.356 e. The number of alkyl halides is 2. The molecule has 1 N–H and O–H groups in total. The Morgan fingerprint density at radius 2 is 2.00 bits per heavy atom. The molecule has 5 heteroatoms. The quantitative estimate of drug-likeness (QED) is 0.780. The normalized spacial score (nSPS) is 11.8. The molecule has 0 saturated heterocycles. The van der Waals surface area contributed by atoms with Crippen LogP contribution < -0.4 is 0 Å². The molecule has 18 heavy (non-hydrogen) atoms. The summed E-state index contributed by atoms with van der Waals surface area (Å²) in [7, 11) is 0. The molecule has 0 aliphatic heterocycles. The second-order valence-corrected chi connectivity index (χ2v) is 4.66. The van der Waals surface area contributed by atoms with Crippen molar-refractivity contribution in [2.24, 2.45) is 0 Å². The summed E-state index contributed by atoms with van der Waals surface area (Å²) in [6, 6.07) is 0. The third-order valence-electron chi connectivity index (χ3n) is 2.86. The molecule has 0 radical (unpaired) electrons. The van der Waals surface area contributed by atoms with Crippen LogP contribution in [-0.2, 0) is 5.92 Å². The molecule has 0 saturated carbocycles. The number of aromatic amines is 1. The topological polar surface area (TPSA) is 28.7 Å². The summed E-state index contributed by atoms with van der Waals surface area (Å²) < 4.78 is 27.1. The molecule has 2 rings (SSSR count). The second kappa shape index (κ2) is 3.96. The molecule has 0 aliphatic carbocycles. The van der Waals surface area contributed by atoms with Gasteiger partial charge in [-0.15, -0.1) is 6.42 Å². The molecule has 0 aromatic carbocycles. The number of rotatable bonds is 1. The van der Waals surface area contributed by atoms with Gasteiger partial charge < -0.3 is 4.98 Å². The van der Waals surface area contributed by atoms with Crippen molar-refractivity contribution >= 4 is 22.6 Å². The van der Waals surface area contributed by atoms with Gasteiger partial charge in [-0.1, -0.05) is 17.5 Å². The lowest BCUT2D eigenvalue weighted by Crippen LogP contribution is -2.13. The van der Waals surface area contributed by atoms with E-state index in [1.165, 1.54) is 0 Å². The van der Waals surface area contributed by atoms with Crippen LogP contribution in [0.5, 0.6) is 0 Å². The van der Waals surface area contributed by atoms with Gasteiger partial charge in [-0.05, 0) is 19.4 Å². The first-order chi connectivity index (χ1) is 8.27. The molecule has 2 nitrogen and oxygen atoms in total. The van der Waals surface area contributed by atoms with Gasteiger partial charge in [0.1, 0.15) is 11.2 Å². The molecule has 0 unspecified atom stereocenters. The Kier molecular flexibility index (Phi) is 2.83. The molecule has 2 heterocycles. The van der Waals surface area contributed by atoms with Crippen LogP contribution in [-0.4, -0.2) is 9.97 Å². The molecule has 0 atom stereocenters. The first-order valence-electron chi connectivity index (χ1n) is 5.30. The fourth-order valence-electron chi connectivity index (χ4n) is 1.93. The van der Waals surface area contributed by atoms with Crippen LogP contribution in [0.1, 0.15) is 29.4 Å². The zero-order valence-electron chi connectivity index (χ0n) is 10.2. The molecule has 2 aromatic heterocycles. The second-order valence-electron chi connectivity index (χ2n) is 4.28. The maximum Gasteiger partial charge on any atom is 0.288 e. The minimum absolute atomic E-state index is 0.118. The maximum absolute atomic E-state index is 13.5. The fourth-order valence-corrected chi connectivity index (χ4v) is 2.11. The van der Waals surface area contributed by atoms with Crippen molar-refractivity contribution in [3.63, 3.8) is 0 Å². The number of nitrogens with one attached hydrogen (secondary N) is 1. The van der Waals surface area contributed by atoms with E-state index in [1.54, 1.807) is 13.8 Å². The predicted octanol–water partition coefficient (Wildman–Crippen LogP) is 3.93. The molecule has 0 spiro atoms. The lowest BCUT2D eigenvalue weighted by molar-refractivity contribution is 0.0128. The van der Waals surface area contributed by atoms with Crippen LogP contribution in [0.2, 0.25) is 5.02 Å². The highest BCUT2D eigenvalue weighted by atomic mass is 35.5. The third kappa shape index (κ3) is 1.75. The summed E-state index contributed by atoms with van der Waals surface area (Å²) in [6.45, 7) is 4.21. The molecule has 0 fully saturated rings. The van der Waals surface area contributed by atoms with Gasteiger partial charge in [0.2, 0.25) is 0 Å². The average Bonchev–Trinajstić information content (AvgIpc) is 2.55. The van der Waals surface area contributed by atoms with Gasteiger partial charge in [0.15, 0.2) is 0 Å². The van der Waals surface area contributed by atoms with Gasteiger partial charge >= 0.3 is 0 Å². The smallest absolute Gasteiger partial charge is 0.288 e. The van der Waals surface area contributed by atoms with E-state index in [2.05, 4.69) is 15.9 Å². The Labute approximate surface area is 108 Å². The average molecular weight is 269 g/mol. The van der Waals surface area contributed by atoms with E-state index in [-0.39, 0.29) is 5.56 Å². The van der Waals surface area contributed by atoms with Gasteiger partial charge in [0.25, 0.3) is 5.92 Å². The summed E-state index contributed by atoms with van der Waals surface area (Å²) >= 11 is 6.04. The number of hydrogen-bond donors (Lipinski definition) is 1. The monoisotopic (exact) mass is 268 g/mol. The van der Waals surface area contributed by atoms with E-state index in [0.717, 1.165) is 6.92 Å². The van der Waals surface area contributed by atoms with Crippen molar-refractivity contribution in [2.45, 2.75) is 26.7 Å². The number of halogens is 3. The van der Waals surface area contributed by atoms with Gasteiger partial charge in [-0.2, -0.15) is 8.78 Å². The zero-order valence-corrected chi connectivity index (χ0v) is 10.9. The van der Waals surface area contributed by atoms with Crippen LogP contribution in [0.3, 0.4) is 0 Å². The van der Waals surface area contributed by atoms with Crippen molar-refractivity contribution in [2.75, 3.05) is 0 Å². The van der Waals surface area contributed by atoms with Gasteiger partial charge in [-0.25, -0.2) is 4.98 Å². The van der Waals surface area contributed by atoms with Crippen LogP contribution in [0.15, 0.2) is 0 Å². The Morgan fingerprint density at radius 1 is 1.39 bits per heavy atom. The van der Waals surface area contributed by atoms with Crippen molar-refractivity contribution in [3.05, 3.63) is 27.5 Å². The summed E-state index contributed by atoms with van der Waals surface area (Å²) in [6.07, 6.45) is 5.31. The van der Waals surface area contributed by atoms with E-state index in [0.29, 0.717) is 27.3 Å². The number of aromatic nitrogens is 2. The number of hydrogen-bond acceptors (Lipinski definition) is 1. The molecule has 94 valence electrons. The van der Waals surface area contributed by atoms with Crippen LogP contribution in [0, 0.1) is 26.2 Å².